The Morgan fingerprint density at radius 2 is 2.05 bits per heavy atom. The highest BCUT2D eigenvalue weighted by atomic mass is 32.2. The number of aromatic nitrogens is 2. The second kappa shape index (κ2) is 8.82. The molecule has 0 atom stereocenters. The summed E-state index contributed by atoms with van der Waals surface area (Å²) < 4.78 is 1.94. The van der Waals surface area contributed by atoms with Crippen LogP contribution in [-0.4, -0.2) is 39.7 Å². The number of carbonyl (C=O) groups is 2. The number of hydrogen-bond donors (Lipinski definition) is 2. The molecule has 2 N–H and O–H groups in total. The standard InChI is InChI=1S/C15H24N4O2S/c1-19-10-8-17-15(19)22-11-9-16-13(20)6-7-14(21)18-12-4-2-3-5-12/h8,10,12H,2-7,9,11H2,1H3,(H,16,20)(H,18,21). The highest BCUT2D eigenvalue weighted by Gasteiger charge is 2.17. The van der Waals surface area contributed by atoms with Gasteiger partial charge in [0.2, 0.25) is 11.8 Å². The highest BCUT2D eigenvalue weighted by molar-refractivity contribution is 7.99. The van der Waals surface area contributed by atoms with E-state index in [4.69, 9.17) is 0 Å². The molecular formula is C15H24N4O2S. The average molecular weight is 324 g/mol. The third kappa shape index (κ3) is 5.71. The van der Waals surface area contributed by atoms with Gasteiger partial charge in [-0.15, -0.1) is 0 Å². The monoisotopic (exact) mass is 324 g/mol. The molecule has 2 rings (SSSR count). The Morgan fingerprint density at radius 3 is 2.73 bits per heavy atom. The fourth-order valence-electron chi connectivity index (χ4n) is 2.51. The van der Waals surface area contributed by atoms with Crippen molar-refractivity contribution in [2.45, 2.75) is 49.7 Å². The van der Waals surface area contributed by atoms with Crippen molar-refractivity contribution in [1.82, 2.24) is 20.2 Å². The molecule has 0 spiro atoms. The number of nitrogens with one attached hydrogen (secondary N) is 2. The third-order valence-electron chi connectivity index (χ3n) is 3.73. The van der Waals surface area contributed by atoms with Crippen LogP contribution in [-0.2, 0) is 16.6 Å². The van der Waals surface area contributed by atoms with E-state index >= 15 is 0 Å². The van der Waals surface area contributed by atoms with E-state index in [1.807, 2.05) is 17.8 Å². The number of imidazole rings is 1. The molecule has 2 amide bonds. The summed E-state index contributed by atoms with van der Waals surface area (Å²) in [7, 11) is 1.94. The molecule has 1 aromatic rings. The number of nitrogens with zero attached hydrogens (tertiary/aromatic N) is 2. The summed E-state index contributed by atoms with van der Waals surface area (Å²) >= 11 is 1.60. The summed E-state index contributed by atoms with van der Waals surface area (Å²) in [6, 6.07) is 0.324. The molecule has 6 nitrogen and oxygen atoms in total. The highest BCUT2D eigenvalue weighted by Crippen LogP contribution is 2.17. The zero-order chi connectivity index (χ0) is 15.8. The van der Waals surface area contributed by atoms with Crippen LogP contribution in [0.4, 0.5) is 0 Å². The van der Waals surface area contributed by atoms with E-state index in [9.17, 15) is 9.59 Å². The van der Waals surface area contributed by atoms with Gasteiger partial charge in [0.05, 0.1) is 0 Å². The Hall–Kier alpha value is -1.50. The number of amides is 2. The van der Waals surface area contributed by atoms with Crippen molar-refractivity contribution in [1.29, 1.82) is 0 Å². The van der Waals surface area contributed by atoms with E-state index in [1.165, 1.54) is 12.8 Å². The van der Waals surface area contributed by atoms with E-state index in [0.29, 0.717) is 12.6 Å². The SMILES string of the molecule is Cn1ccnc1SCCNC(=O)CCC(=O)NC1CCCC1. The summed E-state index contributed by atoms with van der Waals surface area (Å²) in [5.74, 6) is 0.691. The van der Waals surface area contributed by atoms with Crippen LogP contribution in [0.1, 0.15) is 38.5 Å². The second-order valence-corrected chi connectivity index (χ2v) is 6.63. The molecule has 1 aromatic heterocycles. The van der Waals surface area contributed by atoms with Crippen LogP contribution >= 0.6 is 11.8 Å². The molecule has 1 heterocycles. The Balaban J connectivity index is 1.52. The molecular weight excluding hydrogens is 300 g/mol. The van der Waals surface area contributed by atoms with Gasteiger partial charge in [0.15, 0.2) is 5.16 Å². The quantitative estimate of drug-likeness (QED) is 0.561. The molecule has 0 radical (unpaired) electrons. The molecule has 122 valence electrons. The van der Waals surface area contributed by atoms with E-state index in [2.05, 4.69) is 15.6 Å². The first-order valence-corrected chi connectivity index (χ1v) is 8.80. The summed E-state index contributed by atoms with van der Waals surface area (Å²) in [4.78, 5) is 27.6. The van der Waals surface area contributed by atoms with E-state index in [-0.39, 0.29) is 24.7 Å². The van der Waals surface area contributed by atoms with Crippen molar-refractivity contribution in [3.63, 3.8) is 0 Å². The van der Waals surface area contributed by atoms with Crippen molar-refractivity contribution >= 4 is 23.6 Å². The van der Waals surface area contributed by atoms with Gasteiger partial charge in [0.1, 0.15) is 0 Å². The lowest BCUT2D eigenvalue weighted by Gasteiger charge is -2.11. The number of aryl methyl sites for hydroxylation is 1. The molecule has 1 saturated carbocycles. The minimum absolute atomic E-state index is 0.00978. The predicted molar refractivity (Wildman–Crippen MR) is 86.6 cm³/mol. The maximum absolute atomic E-state index is 11.7. The molecule has 0 aliphatic heterocycles. The fraction of sp³-hybridized carbons (Fsp3) is 0.667. The Kier molecular flexibility index (Phi) is 6.76. The van der Waals surface area contributed by atoms with Crippen LogP contribution in [0.5, 0.6) is 0 Å². The van der Waals surface area contributed by atoms with Crippen molar-refractivity contribution in [3.8, 4) is 0 Å². The first-order chi connectivity index (χ1) is 10.6. The third-order valence-corrected chi connectivity index (χ3v) is 4.79. The van der Waals surface area contributed by atoms with Crippen molar-refractivity contribution in [2.75, 3.05) is 12.3 Å². The van der Waals surface area contributed by atoms with Gasteiger partial charge in [-0.3, -0.25) is 9.59 Å². The van der Waals surface area contributed by atoms with Gasteiger partial charge in [0, 0.05) is 50.6 Å². The smallest absolute Gasteiger partial charge is 0.220 e. The van der Waals surface area contributed by atoms with Gasteiger partial charge in [0.25, 0.3) is 0 Å². The van der Waals surface area contributed by atoms with E-state index < -0.39 is 0 Å². The van der Waals surface area contributed by atoms with Crippen LogP contribution in [0, 0.1) is 0 Å². The van der Waals surface area contributed by atoms with Crippen molar-refractivity contribution < 1.29 is 9.59 Å². The number of hydrogen-bond acceptors (Lipinski definition) is 4. The molecule has 7 heteroatoms. The van der Waals surface area contributed by atoms with Gasteiger partial charge in [-0.2, -0.15) is 0 Å². The van der Waals surface area contributed by atoms with Crippen LogP contribution in [0.3, 0.4) is 0 Å². The number of rotatable bonds is 8. The minimum Gasteiger partial charge on any atom is -0.355 e. The molecule has 0 saturated heterocycles. The molecule has 1 aliphatic rings. The van der Waals surface area contributed by atoms with Gasteiger partial charge in [-0.05, 0) is 12.8 Å². The Bertz CT molecular complexity index is 497. The zero-order valence-electron chi connectivity index (χ0n) is 13.0. The topological polar surface area (TPSA) is 76.0 Å². The van der Waals surface area contributed by atoms with E-state index in [1.54, 1.807) is 18.0 Å². The summed E-state index contributed by atoms with van der Waals surface area (Å²) in [6.07, 6.45) is 8.71. The molecule has 1 fully saturated rings. The van der Waals surface area contributed by atoms with Crippen LogP contribution in [0.25, 0.3) is 0 Å². The summed E-state index contributed by atoms with van der Waals surface area (Å²) in [5, 5.41) is 6.76. The lowest BCUT2D eigenvalue weighted by atomic mass is 10.2. The lowest BCUT2D eigenvalue weighted by Crippen LogP contribution is -2.34. The molecule has 22 heavy (non-hydrogen) atoms. The molecule has 0 bridgehead atoms. The second-order valence-electron chi connectivity index (χ2n) is 5.57. The number of thioether (sulfide) groups is 1. The first kappa shape index (κ1) is 16.9. The van der Waals surface area contributed by atoms with Gasteiger partial charge >= 0.3 is 0 Å². The van der Waals surface area contributed by atoms with Gasteiger partial charge in [-0.25, -0.2) is 4.98 Å². The van der Waals surface area contributed by atoms with E-state index in [0.717, 1.165) is 23.8 Å². The number of carbonyl (C=O) groups excluding carboxylic acids is 2. The summed E-state index contributed by atoms with van der Waals surface area (Å²) in [6.45, 7) is 0.584. The molecule has 0 unspecified atom stereocenters. The predicted octanol–water partition coefficient (Wildman–Crippen LogP) is 1.47. The maximum atomic E-state index is 11.7. The lowest BCUT2D eigenvalue weighted by molar-refractivity contribution is -0.126. The molecule has 0 aromatic carbocycles. The summed E-state index contributed by atoms with van der Waals surface area (Å²) in [5.41, 5.74) is 0. The van der Waals surface area contributed by atoms with Crippen molar-refractivity contribution in [2.24, 2.45) is 7.05 Å². The normalized spacial score (nSPS) is 15.0. The zero-order valence-corrected chi connectivity index (χ0v) is 13.8. The molecule has 1 aliphatic carbocycles. The van der Waals surface area contributed by atoms with Gasteiger partial charge < -0.3 is 15.2 Å². The van der Waals surface area contributed by atoms with Crippen LogP contribution < -0.4 is 10.6 Å². The van der Waals surface area contributed by atoms with Gasteiger partial charge in [-0.1, -0.05) is 24.6 Å². The largest absolute Gasteiger partial charge is 0.355 e. The van der Waals surface area contributed by atoms with Crippen LogP contribution in [0.15, 0.2) is 17.6 Å². The average Bonchev–Trinajstić information content (AvgIpc) is 3.13. The van der Waals surface area contributed by atoms with Crippen LogP contribution in [0.2, 0.25) is 0 Å². The van der Waals surface area contributed by atoms with Crippen molar-refractivity contribution in [3.05, 3.63) is 12.4 Å². The maximum Gasteiger partial charge on any atom is 0.220 e. The first-order valence-electron chi connectivity index (χ1n) is 7.81. The Labute approximate surface area is 135 Å². The fourth-order valence-corrected chi connectivity index (χ4v) is 3.30. The minimum atomic E-state index is -0.0676. The Morgan fingerprint density at radius 1 is 1.32 bits per heavy atom.